The van der Waals surface area contributed by atoms with Gasteiger partial charge < -0.3 is 24.1 Å². The number of ether oxygens (including phenoxy) is 4. The van der Waals surface area contributed by atoms with E-state index in [9.17, 15) is 19.5 Å². The second-order valence-corrected chi connectivity index (χ2v) is 10.6. The maximum atomic E-state index is 13.2. The average Bonchev–Trinajstić information content (AvgIpc) is 3.03. The van der Waals surface area contributed by atoms with Gasteiger partial charge in [-0.25, -0.2) is 9.69 Å². The Kier molecular flexibility index (Phi) is 9.69. The fraction of sp³-hybridized carbons (Fsp3) is 0.147. The Hall–Kier alpha value is -5.29. The highest BCUT2D eigenvalue weighted by Crippen LogP contribution is 2.39. The molecule has 1 aliphatic rings. The molecule has 1 heterocycles. The first-order chi connectivity index (χ1) is 21.8. The monoisotopic (exact) mass is 672 g/mol. The van der Waals surface area contributed by atoms with Gasteiger partial charge in [0.2, 0.25) is 0 Å². The maximum absolute atomic E-state index is 13.2. The normalized spacial score (nSPS) is 13.9. The Morgan fingerprint density at radius 2 is 1.56 bits per heavy atom. The number of nitrogens with zero attached hydrogens (tertiary/aromatic N) is 1. The number of phenols is 1. The number of urea groups is 1. The molecule has 5 rings (SSSR count). The van der Waals surface area contributed by atoms with Crippen LogP contribution in [0.1, 0.15) is 23.6 Å². The number of carbonyl (C=O) groups excluding carboxylic acids is 3. The summed E-state index contributed by atoms with van der Waals surface area (Å²) in [6, 6.07) is 23.3. The molecule has 4 aromatic carbocycles. The summed E-state index contributed by atoms with van der Waals surface area (Å²) >= 11 is 3.51. The number of amides is 4. The molecule has 0 unspecified atom stereocenters. The van der Waals surface area contributed by atoms with E-state index in [4.69, 9.17) is 18.9 Å². The number of barbiturate groups is 1. The molecule has 1 saturated heterocycles. The van der Waals surface area contributed by atoms with Crippen LogP contribution in [-0.2, 0) is 22.8 Å². The van der Waals surface area contributed by atoms with E-state index < -0.39 is 17.8 Å². The molecule has 0 aliphatic carbocycles. The van der Waals surface area contributed by atoms with Gasteiger partial charge in [0.1, 0.15) is 24.5 Å². The van der Waals surface area contributed by atoms with Gasteiger partial charge in [-0.2, -0.15) is 0 Å². The number of nitrogens with one attached hydrogen (secondary N) is 1. The Morgan fingerprint density at radius 1 is 0.822 bits per heavy atom. The van der Waals surface area contributed by atoms with E-state index in [0.29, 0.717) is 46.2 Å². The number of hydrogen-bond donors (Lipinski definition) is 2. The minimum atomic E-state index is -0.890. The van der Waals surface area contributed by atoms with Crippen molar-refractivity contribution in [2.24, 2.45) is 0 Å². The van der Waals surface area contributed by atoms with Gasteiger partial charge in [0.05, 0.1) is 23.9 Å². The first-order valence-electron chi connectivity index (χ1n) is 13.9. The molecule has 0 radical (unpaired) electrons. The zero-order valence-electron chi connectivity index (χ0n) is 24.4. The summed E-state index contributed by atoms with van der Waals surface area (Å²) in [6.07, 6.45) is 1.36. The summed E-state index contributed by atoms with van der Waals surface area (Å²) < 4.78 is 24.0. The summed E-state index contributed by atoms with van der Waals surface area (Å²) in [7, 11) is 1.47. The van der Waals surface area contributed by atoms with E-state index in [1.807, 2.05) is 55.5 Å². The minimum Gasteiger partial charge on any atom is -0.508 e. The van der Waals surface area contributed by atoms with E-state index in [2.05, 4.69) is 21.2 Å². The maximum Gasteiger partial charge on any atom is 0.335 e. The molecule has 1 aliphatic heterocycles. The minimum absolute atomic E-state index is 0.0330. The highest BCUT2D eigenvalue weighted by atomic mass is 79.9. The zero-order chi connectivity index (χ0) is 31.9. The Morgan fingerprint density at radius 3 is 2.27 bits per heavy atom. The molecule has 230 valence electrons. The summed E-state index contributed by atoms with van der Waals surface area (Å²) in [6.45, 7) is 2.95. The highest BCUT2D eigenvalue weighted by molar-refractivity contribution is 9.10. The van der Waals surface area contributed by atoms with Crippen LogP contribution in [0.25, 0.3) is 6.08 Å². The first-order valence-corrected chi connectivity index (χ1v) is 14.7. The molecule has 4 amide bonds. The van der Waals surface area contributed by atoms with Crippen LogP contribution in [0.2, 0.25) is 0 Å². The number of methoxy groups -OCH3 is 1. The number of anilines is 1. The summed E-state index contributed by atoms with van der Waals surface area (Å²) in [5.41, 5.74) is 2.25. The second kappa shape index (κ2) is 14.0. The lowest BCUT2D eigenvalue weighted by Crippen LogP contribution is -2.54. The largest absolute Gasteiger partial charge is 0.508 e. The van der Waals surface area contributed by atoms with Crippen LogP contribution in [-0.4, -0.2) is 36.7 Å². The fourth-order valence-electron chi connectivity index (χ4n) is 4.54. The molecule has 0 aromatic heterocycles. The molecule has 2 N–H and O–H groups in total. The van der Waals surface area contributed by atoms with E-state index in [0.717, 1.165) is 16.0 Å². The lowest BCUT2D eigenvalue weighted by molar-refractivity contribution is -0.122. The molecular weight excluding hydrogens is 644 g/mol. The van der Waals surface area contributed by atoms with E-state index in [-0.39, 0.29) is 23.6 Å². The molecule has 1 fully saturated rings. The lowest BCUT2D eigenvalue weighted by Gasteiger charge is -2.26. The van der Waals surface area contributed by atoms with Crippen molar-refractivity contribution >= 4 is 45.5 Å². The van der Waals surface area contributed by atoms with E-state index in [1.54, 1.807) is 12.1 Å². The molecule has 0 bridgehead atoms. The van der Waals surface area contributed by atoms with Crippen LogP contribution in [0.4, 0.5) is 10.5 Å². The Bertz CT molecular complexity index is 1760. The van der Waals surface area contributed by atoms with Gasteiger partial charge in [0.15, 0.2) is 23.0 Å². The van der Waals surface area contributed by atoms with Gasteiger partial charge in [-0.3, -0.25) is 14.9 Å². The molecule has 0 saturated carbocycles. The quantitative estimate of drug-likeness (QED) is 0.139. The van der Waals surface area contributed by atoms with Crippen LogP contribution in [0.15, 0.2) is 95.0 Å². The summed E-state index contributed by atoms with van der Waals surface area (Å²) in [4.78, 5) is 39.2. The number of aromatic hydroxyl groups is 1. The Labute approximate surface area is 267 Å². The van der Waals surface area contributed by atoms with Gasteiger partial charge in [0, 0.05) is 0 Å². The van der Waals surface area contributed by atoms with Crippen LogP contribution < -0.4 is 29.2 Å². The van der Waals surface area contributed by atoms with Gasteiger partial charge in [-0.1, -0.05) is 36.4 Å². The number of carbonyl (C=O) groups is 3. The fourth-order valence-corrected chi connectivity index (χ4v) is 5.12. The zero-order valence-corrected chi connectivity index (χ0v) is 26.0. The number of benzene rings is 4. The molecule has 45 heavy (non-hydrogen) atoms. The average molecular weight is 674 g/mol. The smallest absolute Gasteiger partial charge is 0.335 e. The third-order valence-electron chi connectivity index (χ3n) is 6.70. The summed E-state index contributed by atoms with van der Waals surface area (Å²) in [5, 5.41) is 11.7. The Balaban J connectivity index is 1.34. The third kappa shape index (κ3) is 7.27. The molecule has 0 spiro atoms. The van der Waals surface area contributed by atoms with Gasteiger partial charge in [0.25, 0.3) is 11.8 Å². The predicted molar refractivity (Wildman–Crippen MR) is 171 cm³/mol. The third-order valence-corrected chi connectivity index (χ3v) is 7.29. The first kappa shape index (κ1) is 31.1. The van der Waals surface area contributed by atoms with Gasteiger partial charge >= 0.3 is 6.03 Å². The molecule has 10 nitrogen and oxygen atoms in total. The molecule has 0 atom stereocenters. The van der Waals surface area contributed by atoms with Crippen LogP contribution in [0.5, 0.6) is 28.7 Å². The second-order valence-electron chi connectivity index (χ2n) is 9.79. The summed E-state index contributed by atoms with van der Waals surface area (Å²) in [5.74, 6) is 0.282. The number of phenolic OH excluding ortho intramolecular Hbond substituents is 1. The topological polar surface area (TPSA) is 124 Å². The van der Waals surface area contributed by atoms with Gasteiger partial charge in [-0.15, -0.1) is 0 Å². The van der Waals surface area contributed by atoms with Crippen molar-refractivity contribution in [2.45, 2.75) is 20.1 Å². The van der Waals surface area contributed by atoms with Crippen molar-refractivity contribution in [1.82, 2.24) is 5.32 Å². The van der Waals surface area contributed by atoms with Gasteiger partial charge in [-0.05, 0) is 94.2 Å². The molecule has 11 heteroatoms. The van der Waals surface area contributed by atoms with Crippen molar-refractivity contribution in [2.75, 3.05) is 18.6 Å². The standard InChI is InChI=1S/C34H29BrN2O8/c1-3-43-29-17-22(9-14-28(29)44-19-21-7-5-4-6-8-21)20-45-31-27(35)16-23(18-30(31)42-2)15-26-32(39)36-34(41)37(33(26)40)24-10-12-25(38)13-11-24/h4-18,38H,3,19-20H2,1-2H3,(H,36,39,41)/b26-15-. The van der Waals surface area contributed by atoms with Crippen molar-refractivity contribution in [3.63, 3.8) is 0 Å². The van der Waals surface area contributed by atoms with Crippen molar-refractivity contribution < 1.29 is 38.4 Å². The number of halogens is 1. The predicted octanol–water partition coefficient (Wildman–Crippen LogP) is 6.39. The van der Waals surface area contributed by atoms with E-state index in [1.165, 1.54) is 37.5 Å². The highest BCUT2D eigenvalue weighted by Gasteiger charge is 2.37. The van der Waals surface area contributed by atoms with Crippen molar-refractivity contribution in [3.8, 4) is 28.7 Å². The molecule has 4 aromatic rings. The van der Waals surface area contributed by atoms with Crippen LogP contribution >= 0.6 is 15.9 Å². The number of rotatable bonds is 11. The van der Waals surface area contributed by atoms with E-state index >= 15 is 0 Å². The molecular formula is C34H29BrN2O8. The van der Waals surface area contributed by atoms with Crippen LogP contribution in [0.3, 0.4) is 0 Å². The number of imide groups is 2. The lowest BCUT2D eigenvalue weighted by atomic mass is 10.1. The van der Waals surface area contributed by atoms with Crippen molar-refractivity contribution in [1.29, 1.82) is 0 Å². The van der Waals surface area contributed by atoms with Crippen molar-refractivity contribution in [3.05, 3.63) is 112 Å². The number of hydrogen-bond acceptors (Lipinski definition) is 8. The SMILES string of the molecule is CCOc1cc(COc2c(Br)cc(/C=C3/C(=O)NC(=O)N(c4ccc(O)cc4)C3=O)cc2OC)ccc1OCc1ccccc1. The van der Waals surface area contributed by atoms with Crippen LogP contribution in [0, 0.1) is 0 Å².